The maximum Gasteiger partial charge on any atom is 0.350 e. The zero-order chi connectivity index (χ0) is 17.7. The topological polar surface area (TPSA) is 77.5 Å². The number of carbonyl (C=O) groups excluding carboxylic acids is 2. The summed E-state index contributed by atoms with van der Waals surface area (Å²) >= 11 is 1.10. The largest absolute Gasteiger partial charge is 0.491 e. The third-order valence-corrected chi connectivity index (χ3v) is 4.02. The SMILES string of the molecule is CCOC(=O)c1sc(NC(=O)c2ccc(OC(C)C)cc2)nc1C. The van der Waals surface area contributed by atoms with Crippen LogP contribution in [-0.4, -0.2) is 29.6 Å². The van der Waals surface area contributed by atoms with Crippen molar-refractivity contribution in [2.75, 3.05) is 11.9 Å². The quantitative estimate of drug-likeness (QED) is 0.806. The molecule has 2 rings (SSSR count). The van der Waals surface area contributed by atoms with Crippen LogP contribution in [0.25, 0.3) is 0 Å². The molecular formula is C17H20N2O4S. The van der Waals surface area contributed by atoms with Crippen molar-refractivity contribution >= 4 is 28.3 Å². The summed E-state index contributed by atoms with van der Waals surface area (Å²) in [4.78, 5) is 28.6. The molecule has 0 saturated heterocycles. The van der Waals surface area contributed by atoms with Crippen LogP contribution in [0.5, 0.6) is 5.75 Å². The van der Waals surface area contributed by atoms with Gasteiger partial charge < -0.3 is 9.47 Å². The molecule has 0 saturated carbocycles. The maximum absolute atomic E-state index is 12.3. The van der Waals surface area contributed by atoms with E-state index >= 15 is 0 Å². The van der Waals surface area contributed by atoms with Crippen LogP contribution in [-0.2, 0) is 4.74 Å². The van der Waals surface area contributed by atoms with E-state index in [9.17, 15) is 9.59 Å². The van der Waals surface area contributed by atoms with Gasteiger partial charge in [0, 0.05) is 5.56 Å². The predicted molar refractivity (Wildman–Crippen MR) is 93.0 cm³/mol. The van der Waals surface area contributed by atoms with Gasteiger partial charge in [-0.3, -0.25) is 10.1 Å². The molecule has 0 aliphatic heterocycles. The molecular weight excluding hydrogens is 328 g/mol. The Balaban J connectivity index is 2.07. The summed E-state index contributed by atoms with van der Waals surface area (Å²) in [7, 11) is 0. The van der Waals surface area contributed by atoms with E-state index in [1.807, 2.05) is 13.8 Å². The number of hydrogen-bond acceptors (Lipinski definition) is 6. The Morgan fingerprint density at radius 2 is 1.92 bits per heavy atom. The van der Waals surface area contributed by atoms with Crippen molar-refractivity contribution in [2.45, 2.75) is 33.8 Å². The number of ether oxygens (including phenoxy) is 2. The molecule has 0 atom stereocenters. The minimum absolute atomic E-state index is 0.0734. The van der Waals surface area contributed by atoms with E-state index in [0.717, 1.165) is 11.3 Å². The number of rotatable bonds is 6. The zero-order valence-electron chi connectivity index (χ0n) is 14.1. The molecule has 24 heavy (non-hydrogen) atoms. The lowest BCUT2D eigenvalue weighted by atomic mass is 10.2. The second-order valence-electron chi connectivity index (χ2n) is 5.30. The molecule has 0 unspecified atom stereocenters. The number of aromatic nitrogens is 1. The standard InChI is InChI=1S/C17H20N2O4S/c1-5-22-16(21)14-11(4)18-17(24-14)19-15(20)12-6-8-13(9-7-12)23-10(2)3/h6-10H,5H2,1-4H3,(H,18,19,20). The van der Waals surface area contributed by atoms with Gasteiger partial charge in [0.1, 0.15) is 10.6 Å². The molecule has 0 aliphatic carbocycles. The Morgan fingerprint density at radius 3 is 2.50 bits per heavy atom. The summed E-state index contributed by atoms with van der Waals surface area (Å²) in [5.74, 6) is -0.0188. The molecule has 0 fully saturated rings. The Kier molecular flexibility index (Phi) is 5.92. The molecule has 2 aromatic rings. The Labute approximate surface area is 144 Å². The lowest BCUT2D eigenvalue weighted by Gasteiger charge is -2.09. The first-order valence-electron chi connectivity index (χ1n) is 7.63. The van der Waals surface area contributed by atoms with E-state index in [-0.39, 0.29) is 12.0 Å². The number of hydrogen-bond donors (Lipinski definition) is 1. The van der Waals surface area contributed by atoms with Gasteiger partial charge in [-0.2, -0.15) is 0 Å². The van der Waals surface area contributed by atoms with Crippen molar-refractivity contribution in [3.05, 3.63) is 40.4 Å². The van der Waals surface area contributed by atoms with E-state index in [1.165, 1.54) is 0 Å². The monoisotopic (exact) mass is 348 g/mol. The molecule has 0 bridgehead atoms. The summed E-state index contributed by atoms with van der Waals surface area (Å²) in [5.41, 5.74) is 1.02. The van der Waals surface area contributed by atoms with Gasteiger partial charge in [-0.1, -0.05) is 11.3 Å². The van der Waals surface area contributed by atoms with Crippen LogP contribution >= 0.6 is 11.3 Å². The third-order valence-electron chi connectivity index (χ3n) is 2.97. The number of anilines is 1. The maximum atomic E-state index is 12.3. The lowest BCUT2D eigenvalue weighted by molar-refractivity contribution is 0.0531. The van der Waals surface area contributed by atoms with Crippen LogP contribution in [0.15, 0.2) is 24.3 Å². The van der Waals surface area contributed by atoms with E-state index < -0.39 is 5.97 Å². The van der Waals surface area contributed by atoms with Crippen LogP contribution in [0.1, 0.15) is 46.5 Å². The first-order valence-corrected chi connectivity index (χ1v) is 8.45. The highest BCUT2D eigenvalue weighted by molar-refractivity contribution is 7.17. The van der Waals surface area contributed by atoms with Gasteiger partial charge in [0.05, 0.1) is 18.4 Å². The molecule has 0 aliphatic rings. The molecule has 1 amide bonds. The fourth-order valence-corrected chi connectivity index (χ4v) is 2.82. The Morgan fingerprint density at radius 1 is 1.25 bits per heavy atom. The fraction of sp³-hybridized carbons (Fsp3) is 0.353. The summed E-state index contributed by atoms with van der Waals surface area (Å²) in [6, 6.07) is 6.84. The predicted octanol–water partition coefficient (Wildman–Crippen LogP) is 3.67. The second-order valence-corrected chi connectivity index (χ2v) is 6.30. The number of amides is 1. The summed E-state index contributed by atoms with van der Waals surface area (Å²) in [5, 5.41) is 3.06. The summed E-state index contributed by atoms with van der Waals surface area (Å²) in [6.45, 7) is 7.61. The van der Waals surface area contributed by atoms with Crippen LogP contribution in [0.4, 0.5) is 5.13 Å². The number of nitrogens with one attached hydrogen (secondary N) is 1. The van der Waals surface area contributed by atoms with E-state index in [2.05, 4.69) is 10.3 Å². The van der Waals surface area contributed by atoms with Crippen molar-refractivity contribution in [2.24, 2.45) is 0 Å². The zero-order valence-corrected chi connectivity index (χ0v) is 14.9. The van der Waals surface area contributed by atoms with Gasteiger partial charge in [0.15, 0.2) is 5.13 Å². The lowest BCUT2D eigenvalue weighted by Crippen LogP contribution is -2.12. The molecule has 1 aromatic carbocycles. The number of esters is 1. The van der Waals surface area contributed by atoms with Gasteiger partial charge in [0.25, 0.3) is 5.91 Å². The molecule has 128 valence electrons. The first kappa shape index (κ1) is 17.9. The van der Waals surface area contributed by atoms with Gasteiger partial charge in [0.2, 0.25) is 0 Å². The van der Waals surface area contributed by atoms with Gasteiger partial charge in [-0.15, -0.1) is 0 Å². The summed E-state index contributed by atoms with van der Waals surface area (Å²) in [6.07, 6.45) is 0.0734. The van der Waals surface area contributed by atoms with Gasteiger partial charge in [-0.05, 0) is 52.0 Å². The smallest absolute Gasteiger partial charge is 0.350 e. The van der Waals surface area contributed by atoms with Crippen molar-refractivity contribution in [1.82, 2.24) is 4.98 Å². The molecule has 6 nitrogen and oxygen atoms in total. The van der Waals surface area contributed by atoms with Crippen LogP contribution in [0, 0.1) is 6.92 Å². The number of nitrogens with zero attached hydrogens (tertiary/aromatic N) is 1. The van der Waals surface area contributed by atoms with E-state index in [0.29, 0.717) is 33.6 Å². The second kappa shape index (κ2) is 7.92. The molecule has 1 aromatic heterocycles. The highest BCUT2D eigenvalue weighted by atomic mass is 32.1. The van der Waals surface area contributed by atoms with Crippen LogP contribution in [0.3, 0.4) is 0 Å². The van der Waals surface area contributed by atoms with Crippen LogP contribution < -0.4 is 10.1 Å². The number of thiazole rings is 1. The number of aryl methyl sites for hydroxylation is 1. The summed E-state index contributed by atoms with van der Waals surface area (Å²) < 4.78 is 10.5. The average molecular weight is 348 g/mol. The van der Waals surface area contributed by atoms with Crippen molar-refractivity contribution in [1.29, 1.82) is 0 Å². The highest BCUT2D eigenvalue weighted by Gasteiger charge is 2.18. The fourth-order valence-electron chi connectivity index (χ4n) is 1.96. The molecule has 7 heteroatoms. The van der Waals surface area contributed by atoms with Gasteiger partial charge >= 0.3 is 5.97 Å². The molecule has 1 heterocycles. The van der Waals surface area contributed by atoms with Crippen molar-refractivity contribution in [3.63, 3.8) is 0 Å². The molecule has 1 N–H and O–H groups in total. The average Bonchev–Trinajstić information content (AvgIpc) is 2.88. The minimum Gasteiger partial charge on any atom is -0.491 e. The normalized spacial score (nSPS) is 10.5. The number of benzene rings is 1. The van der Waals surface area contributed by atoms with E-state index in [1.54, 1.807) is 38.1 Å². The third kappa shape index (κ3) is 4.55. The van der Waals surface area contributed by atoms with E-state index in [4.69, 9.17) is 9.47 Å². The Hall–Kier alpha value is -2.41. The Bertz CT molecular complexity index is 723. The molecule has 0 radical (unpaired) electrons. The van der Waals surface area contributed by atoms with Crippen molar-refractivity contribution < 1.29 is 19.1 Å². The highest BCUT2D eigenvalue weighted by Crippen LogP contribution is 2.24. The minimum atomic E-state index is -0.428. The van der Waals surface area contributed by atoms with Gasteiger partial charge in [-0.25, -0.2) is 9.78 Å². The number of carbonyl (C=O) groups is 2. The van der Waals surface area contributed by atoms with Crippen LogP contribution in [0.2, 0.25) is 0 Å². The molecule has 0 spiro atoms. The first-order chi connectivity index (χ1) is 11.4. The van der Waals surface area contributed by atoms with Crippen molar-refractivity contribution in [3.8, 4) is 5.75 Å².